The quantitative estimate of drug-likeness (QED) is 0.586. The lowest BCUT2D eigenvalue weighted by Gasteiger charge is -2.34. The van der Waals surface area contributed by atoms with Gasteiger partial charge < -0.3 is 14.1 Å². The molecule has 0 spiro atoms. The first-order chi connectivity index (χ1) is 11.9. The maximum Gasteiger partial charge on any atom is 0.266 e. The molecule has 132 valence electrons. The lowest BCUT2D eigenvalue weighted by molar-refractivity contribution is -0.122. The summed E-state index contributed by atoms with van der Waals surface area (Å²) in [6, 6.07) is 2.06. The maximum atomic E-state index is 12.3. The van der Waals surface area contributed by atoms with Crippen LogP contribution in [0.1, 0.15) is 32.4 Å². The molecule has 0 bridgehead atoms. The molecule has 2 saturated heterocycles. The Morgan fingerprint density at radius 1 is 1.44 bits per heavy atom. The normalized spacial score (nSPS) is 25.8. The largest absolute Gasteiger partial charge is 0.420 e. The van der Waals surface area contributed by atoms with Crippen molar-refractivity contribution in [3.8, 4) is 6.07 Å². The van der Waals surface area contributed by atoms with E-state index in [-0.39, 0.29) is 29.7 Å². The lowest BCUT2D eigenvalue weighted by atomic mass is 10.2. The number of carbonyl (C=O) groups excluding carboxylic acids is 1. The van der Waals surface area contributed by atoms with Crippen LogP contribution in [0.4, 0.5) is 5.88 Å². The van der Waals surface area contributed by atoms with Gasteiger partial charge in [-0.1, -0.05) is 24.0 Å². The summed E-state index contributed by atoms with van der Waals surface area (Å²) >= 11 is 6.41. The van der Waals surface area contributed by atoms with Crippen molar-refractivity contribution in [3.63, 3.8) is 0 Å². The number of thiocarbonyl (C=S) groups is 1. The molecule has 2 unspecified atom stereocenters. The Hall–Kier alpha value is -1.89. The number of ether oxygens (including phenoxy) is 1. The van der Waals surface area contributed by atoms with Gasteiger partial charge in [0.05, 0.1) is 17.1 Å². The number of morpholine rings is 1. The highest BCUT2D eigenvalue weighted by Gasteiger charge is 2.32. The minimum absolute atomic E-state index is 0.0321. The molecule has 7 nitrogen and oxygen atoms in total. The van der Waals surface area contributed by atoms with Gasteiger partial charge in [-0.2, -0.15) is 10.2 Å². The second-order valence-electron chi connectivity index (χ2n) is 5.91. The van der Waals surface area contributed by atoms with Crippen LogP contribution in [-0.2, 0) is 9.53 Å². The summed E-state index contributed by atoms with van der Waals surface area (Å²) in [5, 5.41) is 9.38. The van der Waals surface area contributed by atoms with Crippen LogP contribution < -0.4 is 4.90 Å². The van der Waals surface area contributed by atoms with Gasteiger partial charge in [-0.25, -0.2) is 0 Å². The van der Waals surface area contributed by atoms with Gasteiger partial charge in [0.15, 0.2) is 0 Å². The zero-order valence-corrected chi connectivity index (χ0v) is 15.8. The monoisotopic (exact) mass is 378 g/mol. The molecule has 0 N–H and O–H groups in total. The Kier molecular flexibility index (Phi) is 5.13. The van der Waals surface area contributed by atoms with E-state index in [1.54, 1.807) is 6.08 Å². The number of anilines is 1. The third kappa shape index (κ3) is 3.56. The molecule has 9 heteroatoms. The van der Waals surface area contributed by atoms with Crippen molar-refractivity contribution in [1.82, 2.24) is 9.88 Å². The highest BCUT2D eigenvalue weighted by atomic mass is 32.2. The van der Waals surface area contributed by atoms with Crippen molar-refractivity contribution < 1.29 is 13.9 Å². The smallest absolute Gasteiger partial charge is 0.266 e. The third-order valence-electron chi connectivity index (χ3n) is 3.88. The number of hydrogen-bond acceptors (Lipinski definition) is 8. The molecule has 25 heavy (non-hydrogen) atoms. The molecular weight excluding hydrogens is 360 g/mol. The van der Waals surface area contributed by atoms with Crippen molar-refractivity contribution in [3.05, 3.63) is 16.5 Å². The van der Waals surface area contributed by atoms with Crippen molar-refractivity contribution >= 4 is 46.2 Å². The molecular formula is C16H18N4O3S2. The summed E-state index contributed by atoms with van der Waals surface area (Å²) in [7, 11) is 0. The molecule has 2 aliphatic rings. The highest BCUT2D eigenvalue weighted by Crippen LogP contribution is 2.33. The fraction of sp³-hybridized carbons (Fsp3) is 0.500. The van der Waals surface area contributed by atoms with Crippen molar-refractivity contribution in [2.75, 3.05) is 24.5 Å². The summed E-state index contributed by atoms with van der Waals surface area (Å²) in [5.41, 5.74) is 0.207. The van der Waals surface area contributed by atoms with Gasteiger partial charge in [-0.15, -0.1) is 0 Å². The van der Waals surface area contributed by atoms with E-state index < -0.39 is 0 Å². The zero-order chi connectivity index (χ0) is 18.1. The number of thioether (sulfide) groups is 1. The van der Waals surface area contributed by atoms with Crippen LogP contribution in [0.15, 0.2) is 9.32 Å². The van der Waals surface area contributed by atoms with E-state index in [0.717, 1.165) is 0 Å². The van der Waals surface area contributed by atoms with Crippen molar-refractivity contribution in [2.45, 2.75) is 33.0 Å². The van der Waals surface area contributed by atoms with Crippen LogP contribution in [-0.4, -0.2) is 52.0 Å². The van der Waals surface area contributed by atoms with Gasteiger partial charge in [0, 0.05) is 25.7 Å². The van der Waals surface area contributed by atoms with E-state index in [9.17, 15) is 10.1 Å². The van der Waals surface area contributed by atoms with E-state index in [2.05, 4.69) is 11.1 Å². The molecule has 0 aromatic carbocycles. The number of carbonyl (C=O) groups is 1. The Balaban J connectivity index is 1.89. The van der Waals surface area contributed by atoms with Gasteiger partial charge >= 0.3 is 0 Å². The minimum Gasteiger partial charge on any atom is -0.420 e. The third-order valence-corrected chi connectivity index (χ3v) is 5.26. The fourth-order valence-electron chi connectivity index (χ4n) is 2.91. The van der Waals surface area contributed by atoms with Gasteiger partial charge in [0.2, 0.25) is 17.5 Å². The second kappa shape index (κ2) is 7.15. The predicted molar refractivity (Wildman–Crippen MR) is 99.0 cm³/mol. The molecule has 1 aromatic rings. The fourth-order valence-corrected chi connectivity index (χ4v) is 4.25. The first-order valence-corrected chi connectivity index (χ1v) is 9.22. The number of amides is 1. The molecule has 0 radical (unpaired) electrons. The van der Waals surface area contributed by atoms with Gasteiger partial charge in [-0.3, -0.25) is 9.69 Å². The maximum absolute atomic E-state index is 12.3. The Labute approximate surface area is 155 Å². The standard InChI is InChI=1S/C16H18N4O3S2/c1-4-20-14(21)12(25-16(20)24)5-13-18-11(6-17)15(23-13)19-7-9(2)22-10(3)8-19/h5,9-10H,4,7-8H2,1-3H3/b12-5+. The van der Waals surface area contributed by atoms with E-state index in [1.807, 2.05) is 25.7 Å². The summed E-state index contributed by atoms with van der Waals surface area (Å²) in [6.45, 7) is 7.57. The number of likely N-dealkylation sites (N-methyl/N-ethyl adjacent to an activating group) is 1. The first-order valence-electron chi connectivity index (χ1n) is 7.99. The van der Waals surface area contributed by atoms with Crippen LogP contribution in [0.5, 0.6) is 0 Å². The number of rotatable bonds is 3. The number of hydrogen-bond donors (Lipinski definition) is 0. The predicted octanol–water partition coefficient (Wildman–Crippen LogP) is 2.38. The summed E-state index contributed by atoms with van der Waals surface area (Å²) in [5.74, 6) is 0.487. The van der Waals surface area contributed by atoms with Crippen LogP contribution >= 0.6 is 24.0 Å². The molecule has 2 aliphatic heterocycles. The van der Waals surface area contributed by atoms with Crippen molar-refractivity contribution in [2.24, 2.45) is 0 Å². The van der Waals surface area contributed by atoms with Crippen LogP contribution in [0.25, 0.3) is 6.08 Å². The highest BCUT2D eigenvalue weighted by molar-refractivity contribution is 8.26. The SMILES string of the molecule is CCN1C(=O)/C(=C\c2nc(C#N)c(N3CC(C)OC(C)C3)o2)SC1=S. The van der Waals surface area contributed by atoms with E-state index >= 15 is 0 Å². The number of aromatic nitrogens is 1. The Bertz CT molecular complexity index is 773. The number of oxazole rings is 1. The lowest BCUT2D eigenvalue weighted by Crippen LogP contribution is -2.45. The van der Waals surface area contributed by atoms with Crippen LogP contribution in [0.3, 0.4) is 0 Å². The average Bonchev–Trinajstić information content (AvgIpc) is 3.08. The molecule has 1 aromatic heterocycles. The first kappa shape index (κ1) is 17.9. The van der Waals surface area contributed by atoms with Gasteiger partial charge in [0.25, 0.3) is 5.91 Å². The Morgan fingerprint density at radius 3 is 2.68 bits per heavy atom. The molecule has 1 amide bonds. The zero-order valence-electron chi connectivity index (χ0n) is 14.2. The minimum atomic E-state index is -0.163. The topological polar surface area (TPSA) is 82.6 Å². The van der Waals surface area contributed by atoms with E-state index in [4.69, 9.17) is 21.4 Å². The molecule has 2 atom stereocenters. The number of nitriles is 1. The van der Waals surface area contributed by atoms with E-state index in [0.29, 0.717) is 34.7 Å². The summed E-state index contributed by atoms with van der Waals surface area (Å²) in [6.07, 6.45) is 1.61. The van der Waals surface area contributed by atoms with Gasteiger partial charge in [0.1, 0.15) is 10.4 Å². The summed E-state index contributed by atoms with van der Waals surface area (Å²) < 4.78 is 12.0. The molecule has 0 aliphatic carbocycles. The molecule has 2 fully saturated rings. The summed E-state index contributed by atoms with van der Waals surface area (Å²) in [4.78, 5) is 20.4. The van der Waals surface area contributed by atoms with Gasteiger partial charge in [-0.05, 0) is 20.8 Å². The van der Waals surface area contributed by atoms with E-state index in [1.165, 1.54) is 16.7 Å². The molecule has 3 heterocycles. The van der Waals surface area contributed by atoms with Crippen molar-refractivity contribution in [1.29, 1.82) is 5.26 Å². The number of nitrogens with zero attached hydrogens (tertiary/aromatic N) is 4. The van der Waals surface area contributed by atoms with Crippen LogP contribution in [0, 0.1) is 11.3 Å². The molecule has 3 rings (SSSR count). The second-order valence-corrected chi connectivity index (χ2v) is 7.58. The molecule has 0 saturated carbocycles. The average molecular weight is 378 g/mol. The Morgan fingerprint density at radius 2 is 2.12 bits per heavy atom. The van der Waals surface area contributed by atoms with Crippen LogP contribution in [0.2, 0.25) is 0 Å².